The van der Waals surface area contributed by atoms with E-state index in [2.05, 4.69) is 20.8 Å². The summed E-state index contributed by atoms with van der Waals surface area (Å²) in [6.45, 7) is 2.12. The van der Waals surface area contributed by atoms with Crippen LogP contribution in [0.3, 0.4) is 0 Å². The normalized spacial score (nSPS) is 12.0. The number of carbonyl (C=O) groups is 1. The zero-order valence-corrected chi connectivity index (χ0v) is 12.3. The molecular formula is C14H19N5O2. The molecule has 1 atom stereocenters. The van der Waals surface area contributed by atoms with Crippen LogP contribution in [-0.2, 0) is 11.8 Å². The lowest BCUT2D eigenvalue weighted by atomic mass is 10.3. The van der Waals surface area contributed by atoms with Crippen LogP contribution in [-0.4, -0.2) is 34.3 Å². The molecule has 0 saturated carbocycles. The fourth-order valence-electron chi connectivity index (χ4n) is 1.93. The van der Waals surface area contributed by atoms with E-state index in [1.165, 1.54) is 0 Å². The predicted molar refractivity (Wildman–Crippen MR) is 79.0 cm³/mol. The Morgan fingerprint density at radius 2 is 2.29 bits per heavy atom. The van der Waals surface area contributed by atoms with Crippen LogP contribution in [0.4, 0.5) is 5.69 Å². The molecule has 0 aliphatic rings. The third kappa shape index (κ3) is 4.03. The smallest absolute Gasteiger partial charge is 0.238 e. The number of benzene rings is 1. The SMILES string of the molecule is COc1cccc(NC(=O)CNC(C)c2nncn2C)c1. The molecule has 2 rings (SSSR count). The van der Waals surface area contributed by atoms with Gasteiger partial charge in [-0.05, 0) is 19.1 Å². The van der Waals surface area contributed by atoms with Crippen molar-refractivity contribution in [2.75, 3.05) is 19.0 Å². The van der Waals surface area contributed by atoms with Crippen LogP contribution in [0.5, 0.6) is 5.75 Å². The Balaban J connectivity index is 1.86. The van der Waals surface area contributed by atoms with Crippen molar-refractivity contribution in [3.05, 3.63) is 36.4 Å². The van der Waals surface area contributed by atoms with Gasteiger partial charge in [-0.25, -0.2) is 0 Å². The van der Waals surface area contributed by atoms with Gasteiger partial charge in [0, 0.05) is 18.8 Å². The van der Waals surface area contributed by atoms with Crippen LogP contribution in [0.25, 0.3) is 0 Å². The maximum Gasteiger partial charge on any atom is 0.238 e. The topological polar surface area (TPSA) is 81.1 Å². The lowest BCUT2D eigenvalue weighted by Crippen LogP contribution is -2.31. The first-order valence-corrected chi connectivity index (χ1v) is 6.61. The summed E-state index contributed by atoms with van der Waals surface area (Å²) in [6.07, 6.45) is 1.63. The lowest BCUT2D eigenvalue weighted by molar-refractivity contribution is -0.115. The third-order valence-electron chi connectivity index (χ3n) is 3.06. The molecule has 7 heteroatoms. The number of amides is 1. The van der Waals surface area contributed by atoms with Gasteiger partial charge in [0.05, 0.1) is 19.7 Å². The van der Waals surface area contributed by atoms with Gasteiger partial charge in [0.1, 0.15) is 17.9 Å². The number of methoxy groups -OCH3 is 1. The van der Waals surface area contributed by atoms with Gasteiger partial charge >= 0.3 is 0 Å². The predicted octanol–water partition coefficient (Wildman–Crippen LogP) is 1.11. The van der Waals surface area contributed by atoms with Gasteiger partial charge in [0.2, 0.25) is 5.91 Å². The highest BCUT2D eigenvalue weighted by molar-refractivity contribution is 5.92. The van der Waals surface area contributed by atoms with Crippen molar-refractivity contribution in [1.29, 1.82) is 0 Å². The summed E-state index contributed by atoms with van der Waals surface area (Å²) in [7, 11) is 3.45. The van der Waals surface area contributed by atoms with Crippen molar-refractivity contribution in [2.45, 2.75) is 13.0 Å². The summed E-state index contributed by atoms with van der Waals surface area (Å²) in [4.78, 5) is 11.9. The summed E-state index contributed by atoms with van der Waals surface area (Å²) in [5, 5.41) is 13.7. The highest BCUT2D eigenvalue weighted by Gasteiger charge is 2.12. The van der Waals surface area contributed by atoms with Gasteiger partial charge in [0.25, 0.3) is 0 Å². The number of anilines is 1. The second-order valence-electron chi connectivity index (χ2n) is 4.68. The average Bonchev–Trinajstić information content (AvgIpc) is 2.91. The second kappa shape index (κ2) is 6.85. The fourth-order valence-corrected chi connectivity index (χ4v) is 1.93. The van der Waals surface area contributed by atoms with E-state index in [1.54, 1.807) is 19.5 Å². The zero-order chi connectivity index (χ0) is 15.2. The first kappa shape index (κ1) is 15.0. The maximum absolute atomic E-state index is 11.9. The quantitative estimate of drug-likeness (QED) is 0.832. The molecule has 112 valence electrons. The van der Waals surface area contributed by atoms with E-state index in [-0.39, 0.29) is 18.5 Å². The van der Waals surface area contributed by atoms with Crippen LogP contribution in [0, 0.1) is 0 Å². The number of ether oxygens (including phenoxy) is 1. The number of aryl methyl sites for hydroxylation is 1. The molecule has 1 heterocycles. The molecule has 1 amide bonds. The Hall–Kier alpha value is -2.41. The van der Waals surface area contributed by atoms with Crippen LogP contribution in [0.2, 0.25) is 0 Å². The number of nitrogens with zero attached hydrogens (tertiary/aromatic N) is 3. The number of hydrogen-bond donors (Lipinski definition) is 2. The Morgan fingerprint density at radius 3 is 2.95 bits per heavy atom. The molecule has 0 fully saturated rings. The minimum atomic E-state index is -0.128. The van der Waals surface area contributed by atoms with Crippen LogP contribution in [0.1, 0.15) is 18.8 Å². The monoisotopic (exact) mass is 289 g/mol. The number of rotatable bonds is 6. The van der Waals surface area contributed by atoms with Crippen LogP contribution < -0.4 is 15.4 Å². The van der Waals surface area contributed by atoms with E-state index < -0.39 is 0 Å². The molecule has 0 bridgehead atoms. The van der Waals surface area contributed by atoms with Gasteiger partial charge < -0.3 is 14.6 Å². The molecule has 1 unspecified atom stereocenters. The molecule has 1 aromatic carbocycles. The molecule has 0 spiro atoms. The largest absolute Gasteiger partial charge is 0.497 e. The number of aromatic nitrogens is 3. The number of nitrogens with one attached hydrogen (secondary N) is 2. The molecule has 0 saturated heterocycles. The summed E-state index contributed by atoms with van der Waals surface area (Å²) >= 11 is 0. The number of hydrogen-bond acceptors (Lipinski definition) is 5. The van der Waals surface area contributed by atoms with Crippen molar-refractivity contribution >= 4 is 11.6 Å². The standard InChI is InChI=1S/C14H19N5O2/c1-10(14-18-16-9-19(14)2)15-8-13(20)17-11-5-4-6-12(7-11)21-3/h4-7,9-10,15H,8H2,1-3H3,(H,17,20). The van der Waals surface area contributed by atoms with E-state index in [1.807, 2.05) is 36.7 Å². The van der Waals surface area contributed by atoms with Gasteiger partial charge in [-0.2, -0.15) is 0 Å². The van der Waals surface area contributed by atoms with Gasteiger partial charge in [-0.3, -0.25) is 10.1 Å². The summed E-state index contributed by atoms with van der Waals surface area (Å²) in [5.41, 5.74) is 0.701. The Kier molecular flexibility index (Phi) is 4.89. The molecule has 7 nitrogen and oxygen atoms in total. The summed E-state index contributed by atoms with van der Waals surface area (Å²) in [5.74, 6) is 1.36. The van der Waals surface area contributed by atoms with Gasteiger partial charge in [-0.15, -0.1) is 10.2 Å². The minimum absolute atomic E-state index is 0.0615. The van der Waals surface area contributed by atoms with Crippen molar-refractivity contribution < 1.29 is 9.53 Å². The van der Waals surface area contributed by atoms with E-state index in [0.29, 0.717) is 11.4 Å². The van der Waals surface area contributed by atoms with E-state index in [9.17, 15) is 4.79 Å². The molecule has 0 radical (unpaired) electrons. The van der Waals surface area contributed by atoms with E-state index in [0.717, 1.165) is 5.82 Å². The second-order valence-corrected chi connectivity index (χ2v) is 4.68. The molecule has 0 aliphatic heterocycles. The number of carbonyl (C=O) groups excluding carboxylic acids is 1. The maximum atomic E-state index is 11.9. The van der Waals surface area contributed by atoms with Crippen molar-refractivity contribution in [3.8, 4) is 5.75 Å². The Morgan fingerprint density at radius 1 is 1.48 bits per heavy atom. The van der Waals surface area contributed by atoms with Gasteiger partial charge in [0.15, 0.2) is 0 Å². The highest BCUT2D eigenvalue weighted by atomic mass is 16.5. The summed E-state index contributed by atoms with van der Waals surface area (Å²) in [6, 6.07) is 7.17. The molecule has 0 aliphatic carbocycles. The van der Waals surface area contributed by atoms with Crippen molar-refractivity contribution in [3.63, 3.8) is 0 Å². The first-order valence-electron chi connectivity index (χ1n) is 6.61. The molecule has 2 aromatic rings. The fraction of sp³-hybridized carbons (Fsp3) is 0.357. The van der Waals surface area contributed by atoms with Crippen LogP contribution >= 0.6 is 0 Å². The van der Waals surface area contributed by atoms with E-state index in [4.69, 9.17) is 4.74 Å². The zero-order valence-electron chi connectivity index (χ0n) is 12.3. The van der Waals surface area contributed by atoms with Crippen LogP contribution in [0.15, 0.2) is 30.6 Å². The average molecular weight is 289 g/mol. The highest BCUT2D eigenvalue weighted by Crippen LogP contribution is 2.16. The Bertz CT molecular complexity index is 611. The van der Waals surface area contributed by atoms with E-state index >= 15 is 0 Å². The lowest BCUT2D eigenvalue weighted by Gasteiger charge is -2.13. The van der Waals surface area contributed by atoms with Gasteiger partial charge in [-0.1, -0.05) is 6.07 Å². The minimum Gasteiger partial charge on any atom is -0.497 e. The Labute approximate surface area is 123 Å². The molecule has 2 N–H and O–H groups in total. The molecule has 1 aromatic heterocycles. The molecular weight excluding hydrogens is 270 g/mol. The summed E-state index contributed by atoms with van der Waals surface area (Å²) < 4.78 is 6.93. The van der Waals surface area contributed by atoms with Crippen molar-refractivity contribution in [1.82, 2.24) is 20.1 Å². The first-order chi connectivity index (χ1) is 10.1. The third-order valence-corrected chi connectivity index (χ3v) is 3.06. The molecule has 21 heavy (non-hydrogen) atoms. The van der Waals surface area contributed by atoms with Crippen molar-refractivity contribution in [2.24, 2.45) is 7.05 Å².